The largest absolute Gasteiger partial charge is 0.339 e. The molecule has 2 aliphatic rings. The minimum absolute atomic E-state index is 0.348. The van der Waals surface area contributed by atoms with Crippen LogP contribution in [0.3, 0.4) is 0 Å². The summed E-state index contributed by atoms with van der Waals surface area (Å²) in [7, 11) is 0. The minimum atomic E-state index is 0.348. The van der Waals surface area contributed by atoms with Crippen LogP contribution in [0.5, 0.6) is 0 Å². The highest BCUT2D eigenvalue weighted by Crippen LogP contribution is 2.19. The molecule has 0 bridgehead atoms. The van der Waals surface area contributed by atoms with Crippen molar-refractivity contribution in [3.05, 3.63) is 22.6 Å². The third kappa shape index (κ3) is 2.29. The second kappa shape index (κ2) is 4.80. The lowest BCUT2D eigenvalue weighted by atomic mass is 10.2. The molecule has 2 aliphatic heterocycles. The van der Waals surface area contributed by atoms with Gasteiger partial charge in [-0.05, 0) is 35.3 Å². The van der Waals surface area contributed by atoms with E-state index in [1.54, 1.807) is 6.20 Å². The second-order valence-electron chi connectivity index (χ2n) is 5.24. The number of rotatable bonds is 2. The van der Waals surface area contributed by atoms with E-state index in [-0.39, 0.29) is 0 Å². The number of halogens is 1. The molecule has 1 N–H and O–H groups in total. The van der Waals surface area contributed by atoms with E-state index in [9.17, 15) is 0 Å². The van der Waals surface area contributed by atoms with Crippen molar-refractivity contribution < 1.29 is 0 Å². The Balaban J connectivity index is 1.58. The maximum Gasteiger partial charge on any atom is 0.241 e. The zero-order chi connectivity index (χ0) is 14.4. The minimum Gasteiger partial charge on any atom is -0.339 e. The average molecular weight is 348 g/mol. The van der Waals surface area contributed by atoms with Gasteiger partial charge in [0.05, 0.1) is 18.1 Å². The first-order valence-electron chi connectivity index (χ1n) is 6.85. The van der Waals surface area contributed by atoms with Crippen LogP contribution in [-0.4, -0.2) is 49.9 Å². The van der Waals surface area contributed by atoms with Crippen LogP contribution in [0.4, 0.5) is 0 Å². The molecule has 1 unspecified atom stereocenters. The van der Waals surface area contributed by atoms with E-state index >= 15 is 0 Å². The lowest BCUT2D eigenvalue weighted by Gasteiger charge is -2.31. The first kappa shape index (κ1) is 12.8. The fraction of sp³-hybridized carbons (Fsp3) is 0.385. The van der Waals surface area contributed by atoms with Gasteiger partial charge in [-0.15, -0.1) is 0 Å². The van der Waals surface area contributed by atoms with Crippen LogP contribution in [0.2, 0.25) is 0 Å². The number of hydrogen-bond acceptors (Lipinski definition) is 6. The van der Waals surface area contributed by atoms with E-state index in [4.69, 9.17) is 0 Å². The standard InChI is InChI=1S/C13H14BrN7/c1-8-2-3-21-13(17-8)16-7-20(21)6-11-18-10-4-9(14)5-15-12(10)19-11/h4-5,7-8H,2-3,6H2,1H3,(H,15,18,19). The highest BCUT2D eigenvalue weighted by molar-refractivity contribution is 9.10. The van der Waals surface area contributed by atoms with Gasteiger partial charge in [-0.1, -0.05) is 0 Å². The molecular formula is C13H14BrN7. The topological polar surface area (TPSA) is 72.8 Å². The van der Waals surface area contributed by atoms with Gasteiger partial charge in [0, 0.05) is 17.2 Å². The van der Waals surface area contributed by atoms with Crippen molar-refractivity contribution in [2.45, 2.75) is 25.9 Å². The molecule has 0 saturated carbocycles. The molecule has 8 heteroatoms. The Hall–Kier alpha value is -1.96. The maximum absolute atomic E-state index is 4.54. The summed E-state index contributed by atoms with van der Waals surface area (Å²) >= 11 is 3.42. The summed E-state index contributed by atoms with van der Waals surface area (Å²) in [5.74, 6) is 1.66. The molecule has 0 saturated heterocycles. The van der Waals surface area contributed by atoms with Gasteiger partial charge in [-0.3, -0.25) is 10.0 Å². The van der Waals surface area contributed by atoms with Gasteiger partial charge in [0.25, 0.3) is 0 Å². The number of nitrogens with zero attached hydrogens (tertiary/aromatic N) is 6. The summed E-state index contributed by atoms with van der Waals surface area (Å²) in [6.07, 6.45) is 4.60. The Morgan fingerprint density at radius 2 is 2.38 bits per heavy atom. The fourth-order valence-electron chi connectivity index (χ4n) is 2.54. The SMILES string of the molecule is CC1CCN2C(=N1)N=CN2Cc1nc2ncc(Br)cc2[nH]1. The van der Waals surface area contributed by atoms with E-state index in [1.807, 2.05) is 17.4 Å². The molecule has 0 fully saturated rings. The molecule has 0 radical (unpaired) electrons. The number of aliphatic imine (C=N–C) groups is 2. The number of fused-ring (bicyclic) bond motifs is 2. The van der Waals surface area contributed by atoms with Crippen molar-refractivity contribution in [1.29, 1.82) is 0 Å². The molecule has 1 atom stereocenters. The first-order chi connectivity index (χ1) is 10.2. The average Bonchev–Trinajstić information content (AvgIpc) is 3.02. The number of hydrazine groups is 1. The summed E-state index contributed by atoms with van der Waals surface area (Å²) in [5.41, 5.74) is 1.65. The molecule has 4 heterocycles. The van der Waals surface area contributed by atoms with Crippen LogP contribution in [-0.2, 0) is 6.54 Å². The summed E-state index contributed by atoms with van der Waals surface area (Å²) in [5, 5.41) is 4.13. The van der Waals surface area contributed by atoms with E-state index in [0.717, 1.165) is 40.4 Å². The predicted octanol–water partition coefficient (Wildman–Crippen LogP) is 1.93. The van der Waals surface area contributed by atoms with Crippen molar-refractivity contribution in [2.75, 3.05) is 6.54 Å². The Labute approximate surface area is 129 Å². The number of guanidine groups is 1. The van der Waals surface area contributed by atoms with Gasteiger partial charge in [-0.25, -0.2) is 20.0 Å². The molecular weight excluding hydrogens is 334 g/mol. The number of nitrogens with one attached hydrogen (secondary N) is 1. The Bertz CT molecular complexity index is 750. The molecule has 2 aromatic rings. The van der Waals surface area contributed by atoms with Crippen molar-refractivity contribution in [1.82, 2.24) is 25.0 Å². The van der Waals surface area contributed by atoms with Gasteiger partial charge < -0.3 is 4.98 Å². The van der Waals surface area contributed by atoms with Gasteiger partial charge in [0.15, 0.2) is 5.65 Å². The molecule has 0 aliphatic carbocycles. The fourth-order valence-corrected chi connectivity index (χ4v) is 2.87. The Morgan fingerprint density at radius 3 is 3.29 bits per heavy atom. The van der Waals surface area contributed by atoms with Crippen molar-refractivity contribution in [3.8, 4) is 0 Å². The molecule has 4 rings (SSSR count). The Morgan fingerprint density at radius 1 is 1.48 bits per heavy atom. The van der Waals surface area contributed by atoms with Crippen LogP contribution in [0.15, 0.2) is 26.7 Å². The van der Waals surface area contributed by atoms with Gasteiger partial charge in [0.2, 0.25) is 5.96 Å². The Kier molecular flexibility index (Phi) is 2.91. The summed E-state index contributed by atoms with van der Waals surface area (Å²) in [6.45, 7) is 3.68. The summed E-state index contributed by atoms with van der Waals surface area (Å²) in [6, 6.07) is 2.33. The van der Waals surface area contributed by atoms with E-state index < -0.39 is 0 Å². The number of imidazole rings is 1. The van der Waals surface area contributed by atoms with E-state index in [0.29, 0.717) is 12.6 Å². The number of aromatic nitrogens is 3. The zero-order valence-corrected chi connectivity index (χ0v) is 13.1. The highest BCUT2D eigenvalue weighted by atomic mass is 79.9. The zero-order valence-electron chi connectivity index (χ0n) is 11.5. The van der Waals surface area contributed by atoms with Crippen LogP contribution in [0.25, 0.3) is 11.2 Å². The smallest absolute Gasteiger partial charge is 0.241 e. The molecule has 7 nitrogen and oxygen atoms in total. The predicted molar refractivity (Wildman–Crippen MR) is 83.8 cm³/mol. The first-order valence-corrected chi connectivity index (χ1v) is 7.64. The van der Waals surface area contributed by atoms with Gasteiger partial charge in [0.1, 0.15) is 12.2 Å². The maximum atomic E-state index is 4.54. The molecule has 0 spiro atoms. The number of hydrogen-bond donors (Lipinski definition) is 1. The summed E-state index contributed by atoms with van der Waals surface area (Å²) < 4.78 is 0.937. The monoisotopic (exact) mass is 347 g/mol. The van der Waals surface area contributed by atoms with Crippen LogP contribution in [0.1, 0.15) is 19.2 Å². The van der Waals surface area contributed by atoms with Crippen LogP contribution < -0.4 is 0 Å². The molecule has 0 amide bonds. The van der Waals surface area contributed by atoms with Crippen molar-refractivity contribution >= 4 is 39.4 Å². The normalized spacial score (nSPS) is 21.0. The molecule has 108 valence electrons. The van der Waals surface area contributed by atoms with Crippen LogP contribution in [0, 0.1) is 0 Å². The van der Waals surface area contributed by atoms with Crippen LogP contribution >= 0.6 is 15.9 Å². The third-order valence-electron chi connectivity index (χ3n) is 3.61. The highest BCUT2D eigenvalue weighted by Gasteiger charge is 2.27. The van der Waals surface area contributed by atoms with Crippen molar-refractivity contribution in [2.24, 2.45) is 9.98 Å². The summed E-state index contributed by atoms with van der Waals surface area (Å²) in [4.78, 5) is 21.0. The second-order valence-corrected chi connectivity index (χ2v) is 6.16. The third-order valence-corrected chi connectivity index (χ3v) is 4.04. The van der Waals surface area contributed by atoms with Gasteiger partial charge in [-0.2, -0.15) is 0 Å². The molecule has 0 aromatic carbocycles. The van der Waals surface area contributed by atoms with Crippen molar-refractivity contribution in [3.63, 3.8) is 0 Å². The van der Waals surface area contributed by atoms with E-state index in [2.05, 4.69) is 52.8 Å². The number of H-pyrrole nitrogens is 1. The lowest BCUT2D eigenvalue weighted by molar-refractivity contribution is 0.125. The van der Waals surface area contributed by atoms with Gasteiger partial charge >= 0.3 is 0 Å². The lowest BCUT2D eigenvalue weighted by Crippen LogP contribution is -2.43. The quantitative estimate of drug-likeness (QED) is 0.900. The van der Waals surface area contributed by atoms with E-state index in [1.165, 1.54) is 0 Å². The number of aromatic amines is 1. The molecule has 21 heavy (non-hydrogen) atoms. The molecule has 2 aromatic heterocycles. The number of pyridine rings is 1.